The second-order valence-electron chi connectivity index (χ2n) is 12.5. The van der Waals surface area contributed by atoms with Gasteiger partial charge in [-0.1, -0.05) is 141 Å². The highest BCUT2D eigenvalue weighted by Gasteiger charge is 2.19. The molecular formula is C49H38. The molecule has 0 atom stereocenters. The zero-order valence-electron chi connectivity index (χ0n) is 28.3. The molecule has 0 amide bonds. The second kappa shape index (κ2) is 12.9. The van der Waals surface area contributed by atoms with E-state index in [9.17, 15) is 0 Å². The van der Waals surface area contributed by atoms with Crippen molar-refractivity contribution in [2.24, 2.45) is 0 Å². The van der Waals surface area contributed by atoms with Crippen molar-refractivity contribution >= 4 is 55.2 Å². The maximum Gasteiger partial charge on any atom is -0.00155 e. The summed E-state index contributed by atoms with van der Waals surface area (Å²) in [6, 6.07) is 51.7. The Morgan fingerprint density at radius 1 is 0.490 bits per heavy atom. The molecule has 49 heavy (non-hydrogen) atoms. The molecule has 0 heterocycles. The summed E-state index contributed by atoms with van der Waals surface area (Å²) in [5.41, 5.74) is 14.8. The molecule has 0 aromatic heterocycles. The van der Waals surface area contributed by atoms with Crippen LogP contribution in [-0.4, -0.2) is 0 Å². The lowest BCUT2D eigenvalue weighted by molar-refractivity contribution is 1.27. The van der Waals surface area contributed by atoms with Gasteiger partial charge >= 0.3 is 0 Å². The topological polar surface area (TPSA) is 0 Å². The predicted octanol–water partition coefficient (Wildman–Crippen LogP) is 14.1. The van der Waals surface area contributed by atoms with Crippen LogP contribution in [0.1, 0.15) is 37.5 Å². The molecule has 0 spiro atoms. The SMILES string of the molecule is C/C=C\Cc1cc(-c2cccc(-c3c4c(cc5c3ccc3ccccc35)C=C=C4)c2)c2ccccc2c1-c1ccc2ccccc2c1.CC. The van der Waals surface area contributed by atoms with Gasteiger partial charge in [-0.05, 0) is 143 Å². The van der Waals surface area contributed by atoms with Crippen LogP contribution >= 0.6 is 0 Å². The fraction of sp³-hybridized carbons (Fsp3) is 0.0816. The molecule has 0 N–H and O–H groups in total. The van der Waals surface area contributed by atoms with E-state index in [-0.39, 0.29) is 0 Å². The standard InChI is InChI=1S/C47H32.C2H6/c1-2-3-12-37-30-44(41-20-8-9-21-42(41)46(37)38-24-23-31-13-4-5-15-33(31)27-38)34-16-10-18-36(28-34)47-40-22-11-17-35(40)29-45-39-19-7-6-14-32(39)25-26-43(45)47;1-2/h2-10,13-30H,12H2,1H3;1-2H3/b3-2-;. The summed E-state index contributed by atoms with van der Waals surface area (Å²) in [6.07, 6.45) is 9.58. The van der Waals surface area contributed by atoms with Gasteiger partial charge in [0, 0.05) is 0 Å². The summed E-state index contributed by atoms with van der Waals surface area (Å²) < 4.78 is 0. The van der Waals surface area contributed by atoms with E-state index in [0.29, 0.717) is 0 Å². The highest BCUT2D eigenvalue weighted by molar-refractivity contribution is 6.15. The first-order valence-corrected chi connectivity index (χ1v) is 17.4. The molecular weight excluding hydrogens is 589 g/mol. The van der Waals surface area contributed by atoms with Crippen LogP contribution in [0.25, 0.3) is 88.6 Å². The van der Waals surface area contributed by atoms with E-state index in [2.05, 4.69) is 176 Å². The summed E-state index contributed by atoms with van der Waals surface area (Å²) >= 11 is 0. The van der Waals surface area contributed by atoms with E-state index in [4.69, 9.17) is 0 Å². The minimum atomic E-state index is 0.872. The van der Waals surface area contributed by atoms with Crippen LogP contribution in [-0.2, 0) is 6.42 Å². The summed E-state index contributed by atoms with van der Waals surface area (Å²) in [5, 5.41) is 10.2. The molecule has 0 radical (unpaired) electrons. The van der Waals surface area contributed by atoms with Gasteiger partial charge in [0.2, 0.25) is 0 Å². The molecule has 0 heteroatoms. The molecule has 0 fully saturated rings. The Bertz CT molecular complexity index is 2640. The third-order valence-corrected chi connectivity index (χ3v) is 9.79. The van der Waals surface area contributed by atoms with E-state index < -0.39 is 0 Å². The van der Waals surface area contributed by atoms with Crippen molar-refractivity contribution in [3.63, 3.8) is 0 Å². The molecule has 0 nitrogen and oxygen atoms in total. The lowest BCUT2D eigenvalue weighted by atomic mass is 9.85. The monoisotopic (exact) mass is 626 g/mol. The molecule has 0 saturated heterocycles. The van der Waals surface area contributed by atoms with Crippen molar-refractivity contribution in [1.82, 2.24) is 0 Å². The Kier molecular flexibility index (Phi) is 8.02. The Hall–Kier alpha value is -5.94. The molecule has 8 aromatic rings. The summed E-state index contributed by atoms with van der Waals surface area (Å²) in [6.45, 7) is 6.11. The normalized spacial score (nSPS) is 11.9. The van der Waals surface area contributed by atoms with E-state index in [0.717, 1.165) is 6.42 Å². The molecule has 8 aromatic carbocycles. The summed E-state index contributed by atoms with van der Waals surface area (Å²) in [7, 11) is 0. The number of benzene rings is 8. The molecule has 234 valence electrons. The van der Waals surface area contributed by atoms with Gasteiger partial charge in [-0.15, -0.1) is 5.73 Å². The maximum atomic E-state index is 3.39. The fourth-order valence-corrected chi connectivity index (χ4v) is 7.60. The maximum absolute atomic E-state index is 3.39. The Morgan fingerprint density at radius 3 is 2.00 bits per heavy atom. The van der Waals surface area contributed by atoms with Crippen LogP contribution in [0, 0.1) is 0 Å². The van der Waals surface area contributed by atoms with E-state index in [1.165, 1.54) is 93.2 Å². The van der Waals surface area contributed by atoms with Gasteiger partial charge in [0.05, 0.1) is 0 Å². The minimum Gasteiger partial charge on any atom is -0.120 e. The van der Waals surface area contributed by atoms with Crippen molar-refractivity contribution in [3.8, 4) is 33.4 Å². The van der Waals surface area contributed by atoms with Crippen LogP contribution < -0.4 is 0 Å². The Morgan fingerprint density at radius 2 is 1.16 bits per heavy atom. The average molecular weight is 627 g/mol. The van der Waals surface area contributed by atoms with Gasteiger partial charge in [0.1, 0.15) is 0 Å². The van der Waals surface area contributed by atoms with Gasteiger partial charge in [-0.25, -0.2) is 0 Å². The van der Waals surface area contributed by atoms with Crippen molar-refractivity contribution < 1.29 is 0 Å². The van der Waals surface area contributed by atoms with Crippen LogP contribution in [0.3, 0.4) is 0 Å². The van der Waals surface area contributed by atoms with Crippen molar-refractivity contribution in [2.45, 2.75) is 27.2 Å². The van der Waals surface area contributed by atoms with Gasteiger partial charge in [0.15, 0.2) is 0 Å². The highest BCUT2D eigenvalue weighted by Crippen LogP contribution is 2.44. The first-order chi connectivity index (χ1) is 24.3. The van der Waals surface area contributed by atoms with Crippen LogP contribution in [0.15, 0.2) is 157 Å². The van der Waals surface area contributed by atoms with Crippen LogP contribution in [0.2, 0.25) is 0 Å². The van der Waals surface area contributed by atoms with Crippen LogP contribution in [0.5, 0.6) is 0 Å². The first kappa shape index (κ1) is 30.4. The Balaban J connectivity index is 0.00000171. The highest BCUT2D eigenvalue weighted by atomic mass is 14.2. The van der Waals surface area contributed by atoms with Gasteiger partial charge in [-0.3, -0.25) is 0 Å². The minimum absolute atomic E-state index is 0.872. The molecule has 0 aliphatic heterocycles. The number of rotatable bonds is 5. The Labute approximate surface area is 289 Å². The van der Waals surface area contributed by atoms with Gasteiger partial charge < -0.3 is 0 Å². The number of hydrogen-bond acceptors (Lipinski definition) is 0. The lowest BCUT2D eigenvalue weighted by Crippen LogP contribution is -1.95. The number of fused-ring (bicyclic) bond motifs is 6. The molecule has 0 bridgehead atoms. The zero-order valence-corrected chi connectivity index (χ0v) is 28.3. The average Bonchev–Trinajstić information content (AvgIpc) is 3.64. The lowest BCUT2D eigenvalue weighted by Gasteiger charge is -2.19. The fourth-order valence-electron chi connectivity index (χ4n) is 7.60. The summed E-state index contributed by atoms with van der Waals surface area (Å²) in [5.74, 6) is 0. The number of hydrogen-bond donors (Lipinski definition) is 0. The smallest absolute Gasteiger partial charge is 0.00155 e. The zero-order chi connectivity index (χ0) is 33.3. The van der Waals surface area contributed by atoms with Crippen LogP contribution in [0.4, 0.5) is 0 Å². The number of allylic oxidation sites excluding steroid dienone is 2. The predicted molar refractivity (Wildman–Crippen MR) is 215 cm³/mol. The molecule has 0 unspecified atom stereocenters. The van der Waals surface area contributed by atoms with Crippen molar-refractivity contribution in [2.75, 3.05) is 0 Å². The van der Waals surface area contributed by atoms with Gasteiger partial charge in [0.25, 0.3) is 0 Å². The third kappa shape index (κ3) is 5.28. The van der Waals surface area contributed by atoms with Crippen molar-refractivity contribution in [1.29, 1.82) is 0 Å². The second-order valence-corrected chi connectivity index (χ2v) is 12.5. The van der Waals surface area contributed by atoms with E-state index in [1.807, 2.05) is 13.8 Å². The molecule has 9 rings (SSSR count). The molecule has 0 saturated carbocycles. The van der Waals surface area contributed by atoms with E-state index in [1.54, 1.807) is 0 Å². The summed E-state index contributed by atoms with van der Waals surface area (Å²) in [4.78, 5) is 0. The van der Waals surface area contributed by atoms with E-state index >= 15 is 0 Å². The first-order valence-electron chi connectivity index (χ1n) is 17.4. The van der Waals surface area contributed by atoms with Crippen molar-refractivity contribution in [3.05, 3.63) is 174 Å². The molecule has 1 aliphatic rings. The quantitative estimate of drug-likeness (QED) is 0.101. The largest absolute Gasteiger partial charge is 0.120 e. The molecule has 1 aliphatic carbocycles. The third-order valence-electron chi connectivity index (χ3n) is 9.79. The van der Waals surface area contributed by atoms with Gasteiger partial charge in [-0.2, -0.15) is 0 Å².